The summed E-state index contributed by atoms with van der Waals surface area (Å²) in [7, 11) is -6.16. The predicted octanol–water partition coefficient (Wildman–Crippen LogP) is 1.24. The van der Waals surface area contributed by atoms with Gasteiger partial charge in [0, 0.05) is 37.3 Å². The Balaban J connectivity index is 1.59. The number of rotatable bonds is 4. The summed E-state index contributed by atoms with van der Waals surface area (Å²) in [6, 6.07) is 2.59. The number of hydrogen-bond donors (Lipinski definition) is 0. The predicted molar refractivity (Wildman–Crippen MR) is 90.2 cm³/mol. The van der Waals surface area contributed by atoms with Crippen molar-refractivity contribution in [1.82, 2.24) is 14.7 Å². The monoisotopic (exact) mass is 360 g/mol. The molecule has 0 aromatic carbocycles. The van der Waals surface area contributed by atoms with Crippen LogP contribution in [0, 0.1) is 0 Å². The summed E-state index contributed by atoms with van der Waals surface area (Å²) in [5.41, 5.74) is 1.02. The molecule has 0 spiro atoms. The Hall–Kier alpha value is -0.930. The molecule has 1 aliphatic heterocycles. The molecule has 0 radical (unpaired) electrons. The molecule has 7 nitrogen and oxygen atoms in total. The van der Waals surface area contributed by atoms with Crippen LogP contribution < -0.4 is 0 Å². The summed E-state index contributed by atoms with van der Waals surface area (Å²) >= 11 is 0. The van der Waals surface area contributed by atoms with Gasteiger partial charge in [-0.25, -0.2) is 12.6 Å². The van der Waals surface area contributed by atoms with Crippen molar-refractivity contribution in [2.45, 2.75) is 38.3 Å². The van der Waals surface area contributed by atoms with E-state index < -0.39 is 19.8 Å². The largest absolute Gasteiger partial charge is 0.296 e. The smallest absolute Gasteiger partial charge is 0.257 e. The Labute approximate surface area is 138 Å². The maximum absolute atomic E-state index is 12.4. The molecule has 23 heavy (non-hydrogen) atoms. The molecule has 1 saturated carbocycles. The highest BCUT2D eigenvalue weighted by atomic mass is 32.3. The maximum Gasteiger partial charge on any atom is 0.257 e. The van der Waals surface area contributed by atoms with Crippen LogP contribution in [-0.4, -0.2) is 58.2 Å². The highest BCUT2D eigenvalue weighted by molar-refractivity contribution is 8.03. The fourth-order valence-corrected chi connectivity index (χ4v) is 7.16. The van der Waals surface area contributed by atoms with Gasteiger partial charge in [0.05, 0.1) is 27.7 Å². The third-order valence-corrected chi connectivity index (χ3v) is 8.28. The Kier molecular flexibility index (Phi) is 4.80. The van der Waals surface area contributed by atoms with Crippen LogP contribution in [0.2, 0.25) is 0 Å². The lowest BCUT2D eigenvalue weighted by molar-refractivity contribution is 0.285. The van der Waals surface area contributed by atoms with Gasteiger partial charge in [-0.05, 0) is 18.9 Å². The third-order valence-electron chi connectivity index (χ3n) is 4.47. The Morgan fingerprint density at radius 2 is 1.96 bits per heavy atom. The first-order valence-electron chi connectivity index (χ1n) is 8.03. The van der Waals surface area contributed by atoms with Crippen LogP contribution in [0.5, 0.6) is 0 Å². The second-order valence-corrected chi connectivity index (χ2v) is 10.9. The van der Waals surface area contributed by atoms with E-state index in [-0.39, 0.29) is 0 Å². The lowest BCUT2D eigenvalue weighted by Crippen LogP contribution is -2.40. The molecule has 2 heterocycles. The van der Waals surface area contributed by atoms with Crippen molar-refractivity contribution in [3.05, 3.63) is 18.0 Å². The Bertz CT molecular complexity index is 758. The summed E-state index contributed by atoms with van der Waals surface area (Å²) in [6.45, 7) is 1.90. The molecule has 130 valence electrons. The first kappa shape index (κ1) is 16.9. The Morgan fingerprint density at radius 3 is 2.57 bits per heavy atom. The molecule has 0 amide bonds. The lowest BCUT2D eigenvalue weighted by atomic mass is 10.3. The second-order valence-electron chi connectivity index (χ2n) is 6.49. The molecule has 1 aromatic rings. The molecule has 1 aliphatic carbocycles. The van der Waals surface area contributed by atoms with Gasteiger partial charge in [-0.3, -0.25) is 9.58 Å². The standard InChI is InChI=1S/C14H24N4O3S2/c1-22(19,20)16-23(21)10-8-17(9-11-23)12-13-6-7-18(15-13)14-4-2-3-5-14/h6-7,14H,2-5,8-12H2,1H3. The maximum atomic E-state index is 12.4. The van der Waals surface area contributed by atoms with Crippen LogP contribution >= 0.6 is 0 Å². The van der Waals surface area contributed by atoms with Gasteiger partial charge in [-0.2, -0.15) is 5.10 Å². The summed E-state index contributed by atoms with van der Waals surface area (Å²) in [5.74, 6) is 0.618. The number of aromatic nitrogens is 2. The minimum absolute atomic E-state index is 0.309. The van der Waals surface area contributed by atoms with Crippen molar-refractivity contribution in [1.29, 1.82) is 0 Å². The van der Waals surface area contributed by atoms with Crippen LogP contribution in [0.1, 0.15) is 37.4 Å². The second kappa shape index (κ2) is 6.52. The van der Waals surface area contributed by atoms with E-state index in [1.165, 1.54) is 25.7 Å². The van der Waals surface area contributed by atoms with Gasteiger partial charge in [-0.15, -0.1) is 3.77 Å². The van der Waals surface area contributed by atoms with Crippen LogP contribution in [-0.2, 0) is 26.3 Å². The van der Waals surface area contributed by atoms with Crippen molar-refractivity contribution < 1.29 is 12.6 Å². The molecule has 0 bridgehead atoms. The lowest BCUT2D eigenvalue weighted by Gasteiger charge is -2.27. The minimum Gasteiger partial charge on any atom is -0.296 e. The zero-order chi connectivity index (χ0) is 16.5. The van der Waals surface area contributed by atoms with Gasteiger partial charge in [-0.1, -0.05) is 12.8 Å². The van der Waals surface area contributed by atoms with Crippen molar-refractivity contribution in [2.75, 3.05) is 30.9 Å². The van der Waals surface area contributed by atoms with E-state index in [1.807, 2.05) is 6.07 Å². The first-order chi connectivity index (χ1) is 10.8. The molecule has 1 saturated heterocycles. The van der Waals surface area contributed by atoms with E-state index in [1.54, 1.807) is 0 Å². The van der Waals surface area contributed by atoms with Crippen LogP contribution in [0.25, 0.3) is 0 Å². The SMILES string of the molecule is CS(=O)(=O)N=S1(=O)CCN(Cc2ccn(C3CCCC3)n2)CC1. The molecule has 0 N–H and O–H groups in total. The molecule has 1 aromatic heterocycles. The van der Waals surface area contributed by atoms with Crippen molar-refractivity contribution in [3.63, 3.8) is 0 Å². The van der Waals surface area contributed by atoms with Crippen molar-refractivity contribution in [3.8, 4) is 0 Å². The van der Waals surface area contributed by atoms with Gasteiger partial charge in [0.25, 0.3) is 10.0 Å². The van der Waals surface area contributed by atoms with Crippen molar-refractivity contribution >= 4 is 19.8 Å². The zero-order valence-corrected chi connectivity index (χ0v) is 15.1. The first-order valence-corrected chi connectivity index (χ1v) is 11.7. The van der Waals surface area contributed by atoms with E-state index in [4.69, 9.17) is 0 Å². The van der Waals surface area contributed by atoms with Gasteiger partial charge >= 0.3 is 0 Å². The summed E-state index contributed by atoms with van der Waals surface area (Å²) < 4.78 is 40.5. The van der Waals surface area contributed by atoms with E-state index >= 15 is 0 Å². The highest BCUT2D eigenvalue weighted by Gasteiger charge is 2.23. The fourth-order valence-electron chi connectivity index (χ4n) is 3.30. The van der Waals surface area contributed by atoms with Gasteiger partial charge in [0.1, 0.15) is 0 Å². The van der Waals surface area contributed by atoms with Gasteiger partial charge in [0.15, 0.2) is 0 Å². The van der Waals surface area contributed by atoms with Crippen LogP contribution in [0.15, 0.2) is 16.0 Å². The molecular weight excluding hydrogens is 336 g/mol. The van der Waals surface area contributed by atoms with Gasteiger partial charge < -0.3 is 0 Å². The third kappa shape index (κ3) is 4.54. The quantitative estimate of drug-likeness (QED) is 0.806. The molecule has 2 aliphatic rings. The van der Waals surface area contributed by atoms with Crippen LogP contribution in [0.3, 0.4) is 0 Å². The van der Waals surface area contributed by atoms with E-state index in [2.05, 4.69) is 24.6 Å². The van der Waals surface area contributed by atoms with Crippen LogP contribution in [0.4, 0.5) is 0 Å². The Morgan fingerprint density at radius 1 is 1.30 bits per heavy atom. The minimum atomic E-state index is -3.55. The fraction of sp³-hybridized carbons (Fsp3) is 0.786. The zero-order valence-electron chi connectivity index (χ0n) is 13.4. The highest BCUT2D eigenvalue weighted by Crippen LogP contribution is 2.28. The van der Waals surface area contributed by atoms with E-state index in [0.717, 1.165) is 11.9 Å². The number of sulfonamides is 1. The summed E-state index contributed by atoms with van der Waals surface area (Å²) in [4.78, 5) is 2.17. The molecule has 9 heteroatoms. The summed E-state index contributed by atoms with van der Waals surface area (Å²) in [6.07, 6.45) is 8.03. The topological polar surface area (TPSA) is 84.6 Å². The molecular formula is C14H24N4O3S2. The molecule has 2 fully saturated rings. The average molecular weight is 361 g/mol. The van der Waals surface area contributed by atoms with Crippen molar-refractivity contribution in [2.24, 2.45) is 3.77 Å². The van der Waals surface area contributed by atoms with Gasteiger partial charge in [0.2, 0.25) is 0 Å². The number of hydrogen-bond acceptors (Lipinski definition) is 5. The normalized spacial score (nSPS) is 23.2. The molecule has 0 atom stereocenters. The number of nitrogens with zero attached hydrogens (tertiary/aromatic N) is 4. The molecule has 3 rings (SSSR count). The summed E-state index contributed by atoms with van der Waals surface area (Å²) in [5, 5.41) is 4.67. The molecule has 0 unspecified atom stereocenters. The van der Waals surface area contributed by atoms with E-state index in [0.29, 0.717) is 37.2 Å². The average Bonchev–Trinajstić information content (AvgIpc) is 3.10. The van der Waals surface area contributed by atoms with E-state index in [9.17, 15) is 12.6 Å².